The second-order valence-electron chi connectivity index (χ2n) is 9.57. The van der Waals surface area contributed by atoms with Crippen molar-refractivity contribution in [1.29, 1.82) is 0 Å². The number of piperazine rings is 1. The maximum atomic E-state index is 12.8. The number of aromatic amines is 1. The molecule has 3 aromatic heterocycles. The Morgan fingerprint density at radius 3 is 2.43 bits per heavy atom. The van der Waals surface area contributed by atoms with Crippen molar-refractivity contribution in [3.8, 4) is 11.4 Å². The summed E-state index contributed by atoms with van der Waals surface area (Å²) in [6.07, 6.45) is 1.67. The average molecular weight is 498 g/mol. The number of fused-ring (bicyclic) bond motifs is 1. The highest BCUT2D eigenvalue weighted by molar-refractivity contribution is 5.95. The Labute approximate surface area is 215 Å². The molecule has 2 aliphatic heterocycles. The van der Waals surface area contributed by atoms with Gasteiger partial charge < -0.3 is 29.7 Å². The standard InChI is InChI=1S/C28H31N7O2/c1-33-11-13-35(14-12-33)25-4-2-3-23(31-25)24-19-20-9-10-29-28(36)26(20)27(32-24)30-21-5-7-22(8-6-21)34-15-17-37-18-16-34/h2-10,19H,11-18H2,1H3,(H,29,36)(H,30,32). The first-order chi connectivity index (χ1) is 18.1. The Bertz CT molecular complexity index is 1440. The molecule has 6 rings (SSSR count). The van der Waals surface area contributed by atoms with Gasteiger partial charge in [0.15, 0.2) is 0 Å². The number of nitrogens with one attached hydrogen (secondary N) is 2. The van der Waals surface area contributed by atoms with E-state index in [1.807, 2.05) is 36.4 Å². The van der Waals surface area contributed by atoms with E-state index in [0.717, 1.165) is 86.4 Å². The Morgan fingerprint density at radius 2 is 1.65 bits per heavy atom. The molecule has 2 fully saturated rings. The number of H-pyrrole nitrogens is 1. The van der Waals surface area contributed by atoms with E-state index < -0.39 is 0 Å². The molecule has 2 N–H and O–H groups in total. The highest BCUT2D eigenvalue weighted by atomic mass is 16.5. The molecule has 2 saturated heterocycles. The van der Waals surface area contributed by atoms with Crippen molar-refractivity contribution in [2.75, 3.05) is 74.6 Å². The number of anilines is 4. The van der Waals surface area contributed by atoms with E-state index in [9.17, 15) is 4.79 Å². The zero-order valence-corrected chi connectivity index (χ0v) is 21.0. The molecule has 37 heavy (non-hydrogen) atoms. The molecule has 9 nitrogen and oxygen atoms in total. The first kappa shape index (κ1) is 23.4. The second kappa shape index (κ2) is 10.2. The molecule has 0 spiro atoms. The van der Waals surface area contributed by atoms with Gasteiger partial charge >= 0.3 is 0 Å². The third kappa shape index (κ3) is 5.00. The van der Waals surface area contributed by atoms with Crippen LogP contribution in [0.15, 0.2) is 65.6 Å². The molecule has 2 aliphatic rings. The van der Waals surface area contributed by atoms with E-state index in [4.69, 9.17) is 14.7 Å². The Balaban J connectivity index is 1.33. The van der Waals surface area contributed by atoms with E-state index in [0.29, 0.717) is 11.2 Å². The summed E-state index contributed by atoms with van der Waals surface area (Å²) < 4.78 is 5.47. The lowest BCUT2D eigenvalue weighted by Crippen LogP contribution is -2.44. The van der Waals surface area contributed by atoms with Crippen LogP contribution in [0.2, 0.25) is 0 Å². The second-order valence-corrected chi connectivity index (χ2v) is 9.57. The van der Waals surface area contributed by atoms with Crippen LogP contribution in [0.25, 0.3) is 22.2 Å². The molecule has 0 unspecified atom stereocenters. The number of hydrogen-bond acceptors (Lipinski definition) is 8. The van der Waals surface area contributed by atoms with Gasteiger partial charge in [0, 0.05) is 56.8 Å². The third-order valence-electron chi connectivity index (χ3n) is 7.08. The summed E-state index contributed by atoms with van der Waals surface area (Å²) in [6.45, 7) is 7.18. The number of aromatic nitrogens is 3. The lowest BCUT2D eigenvalue weighted by atomic mass is 10.1. The fourth-order valence-corrected chi connectivity index (χ4v) is 4.93. The van der Waals surface area contributed by atoms with Crippen LogP contribution in [-0.4, -0.2) is 79.4 Å². The molecule has 9 heteroatoms. The average Bonchev–Trinajstić information content (AvgIpc) is 2.94. The van der Waals surface area contributed by atoms with Crippen LogP contribution < -0.4 is 20.7 Å². The zero-order chi connectivity index (χ0) is 25.2. The summed E-state index contributed by atoms with van der Waals surface area (Å²) >= 11 is 0. The van der Waals surface area contributed by atoms with Gasteiger partial charge in [-0.05, 0) is 61.0 Å². The zero-order valence-electron chi connectivity index (χ0n) is 21.0. The Hall–Kier alpha value is -3.95. The third-order valence-corrected chi connectivity index (χ3v) is 7.08. The van der Waals surface area contributed by atoms with Crippen LogP contribution in [0.1, 0.15) is 0 Å². The molecule has 0 amide bonds. The molecule has 0 bridgehead atoms. The summed E-state index contributed by atoms with van der Waals surface area (Å²) in [6, 6.07) is 18.1. The van der Waals surface area contributed by atoms with Crippen LogP contribution in [0.5, 0.6) is 0 Å². The molecule has 0 aliphatic carbocycles. The Kier molecular flexibility index (Phi) is 6.46. The molecular weight excluding hydrogens is 466 g/mol. The molecule has 1 aromatic carbocycles. The molecule has 0 atom stereocenters. The highest BCUT2D eigenvalue weighted by Crippen LogP contribution is 2.29. The molecule has 190 valence electrons. The maximum Gasteiger partial charge on any atom is 0.259 e. The summed E-state index contributed by atoms with van der Waals surface area (Å²) in [7, 11) is 2.15. The van der Waals surface area contributed by atoms with E-state index in [2.05, 4.69) is 50.2 Å². The van der Waals surface area contributed by atoms with E-state index in [-0.39, 0.29) is 5.56 Å². The van der Waals surface area contributed by atoms with Gasteiger partial charge in [-0.25, -0.2) is 9.97 Å². The fourth-order valence-electron chi connectivity index (χ4n) is 4.93. The van der Waals surface area contributed by atoms with Crippen molar-refractivity contribution in [2.45, 2.75) is 0 Å². The maximum absolute atomic E-state index is 12.8. The summed E-state index contributed by atoms with van der Waals surface area (Å²) in [5.41, 5.74) is 3.35. The minimum absolute atomic E-state index is 0.178. The minimum Gasteiger partial charge on any atom is -0.378 e. The minimum atomic E-state index is -0.178. The molecule has 5 heterocycles. The van der Waals surface area contributed by atoms with Gasteiger partial charge in [0.25, 0.3) is 5.56 Å². The van der Waals surface area contributed by atoms with Gasteiger partial charge in [-0.3, -0.25) is 4.79 Å². The predicted octanol–water partition coefficient (Wildman–Crippen LogP) is 3.32. The number of nitrogens with zero attached hydrogens (tertiary/aromatic N) is 5. The largest absolute Gasteiger partial charge is 0.378 e. The van der Waals surface area contributed by atoms with Crippen molar-refractivity contribution >= 4 is 33.8 Å². The first-order valence-electron chi connectivity index (χ1n) is 12.8. The number of pyridine rings is 3. The van der Waals surface area contributed by atoms with Crippen molar-refractivity contribution in [1.82, 2.24) is 19.9 Å². The SMILES string of the molecule is CN1CCN(c2cccc(-c3cc4cc[nH]c(=O)c4c(Nc4ccc(N5CCOCC5)cc4)n3)n2)CC1. The van der Waals surface area contributed by atoms with Crippen molar-refractivity contribution in [2.24, 2.45) is 0 Å². The topological polar surface area (TPSA) is 89.6 Å². The summed E-state index contributed by atoms with van der Waals surface area (Å²) in [4.78, 5) is 32.4. The lowest BCUT2D eigenvalue weighted by molar-refractivity contribution is 0.122. The number of morpholine rings is 1. The van der Waals surface area contributed by atoms with Gasteiger partial charge in [0.05, 0.1) is 30.0 Å². The number of hydrogen-bond donors (Lipinski definition) is 2. The number of rotatable bonds is 5. The smallest absolute Gasteiger partial charge is 0.259 e. The highest BCUT2D eigenvalue weighted by Gasteiger charge is 2.17. The molecule has 0 radical (unpaired) electrons. The predicted molar refractivity (Wildman–Crippen MR) is 148 cm³/mol. The number of benzene rings is 1. The van der Waals surface area contributed by atoms with Crippen molar-refractivity contribution in [3.05, 3.63) is 71.1 Å². The van der Waals surface area contributed by atoms with Crippen LogP contribution in [0, 0.1) is 0 Å². The van der Waals surface area contributed by atoms with Crippen LogP contribution in [0.3, 0.4) is 0 Å². The molecule has 0 saturated carbocycles. The lowest BCUT2D eigenvalue weighted by Gasteiger charge is -2.33. The van der Waals surface area contributed by atoms with Crippen molar-refractivity contribution < 1.29 is 4.74 Å². The van der Waals surface area contributed by atoms with Gasteiger partial charge in [-0.1, -0.05) is 6.07 Å². The Morgan fingerprint density at radius 1 is 0.865 bits per heavy atom. The van der Waals surface area contributed by atoms with E-state index >= 15 is 0 Å². The summed E-state index contributed by atoms with van der Waals surface area (Å²) in [5, 5.41) is 4.73. The first-order valence-corrected chi connectivity index (χ1v) is 12.8. The normalized spacial score (nSPS) is 16.8. The van der Waals surface area contributed by atoms with Crippen molar-refractivity contribution in [3.63, 3.8) is 0 Å². The van der Waals surface area contributed by atoms with E-state index in [1.54, 1.807) is 6.20 Å². The number of likely N-dealkylation sites (N-methyl/N-ethyl adjacent to an activating group) is 1. The van der Waals surface area contributed by atoms with Gasteiger partial charge in [-0.2, -0.15) is 0 Å². The monoisotopic (exact) mass is 497 g/mol. The molecular formula is C28H31N7O2. The van der Waals surface area contributed by atoms with Gasteiger partial charge in [-0.15, -0.1) is 0 Å². The quantitative estimate of drug-likeness (QED) is 0.434. The van der Waals surface area contributed by atoms with E-state index in [1.165, 1.54) is 0 Å². The fraction of sp³-hybridized carbons (Fsp3) is 0.321. The number of ether oxygens (including phenoxy) is 1. The van der Waals surface area contributed by atoms with Crippen LogP contribution in [0.4, 0.5) is 23.0 Å². The van der Waals surface area contributed by atoms with Crippen LogP contribution >= 0.6 is 0 Å². The molecule has 4 aromatic rings. The van der Waals surface area contributed by atoms with Crippen LogP contribution in [-0.2, 0) is 4.74 Å². The summed E-state index contributed by atoms with van der Waals surface area (Å²) in [5.74, 6) is 1.46. The van der Waals surface area contributed by atoms with Gasteiger partial charge in [0.1, 0.15) is 11.6 Å². The van der Waals surface area contributed by atoms with Gasteiger partial charge in [0.2, 0.25) is 0 Å².